The number of hydrogen-bond donors (Lipinski definition) is 0. The normalized spacial score (nSPS) is 13.8. The van der Waals surface area contributed by atoms with Crippen LogP contribution < -0.4 is 0 Å². The summed E-state index contributed by atoms with van der Waals surface area (Å²) in [5, 5.41) is 0. The van der Waals surface area contributed by atoms with E-state index in [4.69, 9.17) is 0 Å². The van der Waals surface area contributed by atoms with Crippen molar-refractivity contribution in [2.45, 2.75) is 32.7 Å². The van der Waals surface area contributed by atoms with Crippen LogP contribution in [0.15, 0.2) is 9.98 Å². The third kappa shape index (κ3) is 4.24. The maximum absolute atomic E-state index is 4.17. The van der Waals surface area contributed by atoms with Crippen LogP contribution in [0.5, 0.6) is 0 Å². The van der Waals surface area contributed by atoms with Crippen LogP contribution in [0.4, 0.5) is 0 Å². The molecule has 0 aliphatic rings. The summed E-state index contributed by atoms with van der Waals surface area (Å²) in [5.41, 5.74) is 0. The molecule has 0 rings (SSSR count). The Hall–Kier alpha value is -0.660. The van der Waals surface area contributed by atoms with Gasteiger partial charge in [0.15, 0.2) is 0 Å². The van der Waals surface area contributed by atoms with Gasteiger partial charge < -0.3 is 0 Å². The summed E-state index contributed by atoms with van der Waals surface area (Å²) in [6.07, 6.45) is 3.98. The summed E-state index contributed by atoms with van der Waals surface area (Å²) in [7, 11) is 0. The molecule has 2 nitrogen and oxygen atoms in total. The minimum Gasteiger partial charge on any atom is -0.295 e. The molecule has 0 N–H and O–H groups in total. The first kappa shape index (κ1) is 9.34. The number of rotatable bonds is 5. The molecule has 1 unspecified atom stereocenters. The predicted molar refractivity (Wildman–Crippen MR) is 47.3 cm³/mol. The van der Waals surface area contributed by atoms with Crippen LogP contribution in [0, 0.1) is 0 Å². The highest BCUT2D eigenvalue weighted by Gasteiger charge is 1.93. The van der Waals surface area contributed by atoms with Crippen LogP contribution in [0.1, 0.15) is 26.7 Å². The van der Waals surface area contributed by atoms with E-state index in [9.17, 15) is 0 Å². The fourth-order valence-electron chi connectivity index (χ4n) is 0.607. The van der Waals surface area contributed by atoms with Crippen LogP contribution in [0.2, 0.25) is 0 Å². The highest BCUT2D eigenvalue weighted by atomic mass is 14.8. The molecule has 0 saturated carbocycles. The fraction of sp³-hybridized carbons (Fsp3) is 0.750. The van der Waals surface area contributed by atoms with Gasteiger partial charge in [0.2, 0.25) is 0 Å². The van der Waals surface area contributed by atoms with Gasteiger partial charge in [-0.2, -0.15) is 0 Å². The van der Waals surface area contributed by atoms with E-state index in [2.05, 4.69) is 30.5 Å². The molecule has 0 aliphatic heterocycles. The summed E-state index contributed by atoms with van der Waals surface area (Å²) >= 11 is 0. The molecule has 0 amide bonds. The number of aliphatic imine (C=N–C) groups is 2. The molecule has 0 aromatic carbocycles. The van der Waals surface area contributed by atoms with Gasteiger partial charge in [-0.05, 0) is 19.6 Å². The highest BCUT2D eigenvalue weighted by molar-refractivity contribution is 5.65. The minimum atomic E-state index is 0.228. The maximum atomic E-state index is 4.17. The lowest BCUT2D eigenvalue weighted by Gasteiger charge is -1.98. The van der Waals surface area contributed by atoms with Gasteiger partial charge in [-0.3, -0.25) is 9.98 Å². The SMILES string of the molecule is C=NC(C=NCCC)CC. The average molecular weight is 140 g/mol. The van der Waals surface area contributed by atoms with Crippen molar-refractivity contribution >= 4 is 12.9 Å². The molecule has 0 radical (unpaired) electrons. The first-order valence-electron chi connectivity index (χ1n) is 3.80. The van der Waals surface area contributed by atoms with Crippen molar-refractivity contribution in [3.05, 3.63) is 0 Å². The lowest BCUT2D eigenvalue weighted by atomic mass is 10.3. The zero-order valence-electron chi connectivity index (χ0n) is 6.88. The van der Waals surface area contributed by atoms with Crippen LogP contribution in [0.25, 0.3) is 0 Å². The van der Waals surface area contributed by atoms with Gasteiger partial charge in [0.25, 0.3) is 0 Å². The molecular formula is C8H16N2. The van der Waals surface area contributed by atoms with E-state index in [-0.39, 0.29) is 6.04 Å². The van der Waals surface area contributed by atoms with E-state index in [0.29, 0.717) is 0 Å². The molecule has 58 valence electrons. The smallest absolute Gasteiger partial charge is 0.0836 e. The summed E-state index contributed by atoms with van der Waals surface area (Å²) in [6, 6.07) is 0.228. The van der Waals surface area contributed by atoms with Gasteiger partial charge in [-0.25, -0.2) is 0 Å². The molecule has 2 heteroatoms. The first-order valence-corrected chi connectivity index (χ1v) is 3.80. The minimum absolute atomic E-state index is 0.228. The molecule has 0 aromatic rings. The maximum Gasteiger partial charge on any atom is 0.0836 e. The van der Waals surface area contributed by atoms with E-state index >= 15 is 0 Å². The van der Waals surface area contributed by atoms with Crippen molar-refractivity contribution in [2.24, 2.45) is 9.98 Å². The molecular weight excluding hydrogens is 124 g/mol. The third-order valence-corrected chi connectivity index (χ3v) is 1.28. The van der Waals surface area contributed by atoms with E-state index in [1.807, 2.05) is 6.21 Å². The van der Waals surface area contributed by atoms with Gasteiger partial charge in [0, 0.05) is 12.8 Å². The second-order valence-electron chi connectivity index (χ2n) is 2.21. The second kappa shape index (κ2) is 6.46. The van der Waals surface area contributed by atoms with Gasteiger partial charge in [-0.1, -0.05) is 13.8 Å². The monoisotopic (exact) mass is 140 g/mol. The Morgan fingerprint density at radius 2 is 2.20 bits per heavy atom. The van der Waals surface area contributed by atoms with Crippen molar-refractivity contribution in [3.63, 3.8) is 0 Å². The summed E-state index contributed by atoms with van der Waals surface area (Å²) < 4.78 is 0. The standard InChI is InChI=1S/C8H16N2/c1-4-6-10-7-8(5-2)9-3/h7-8H,3-6H2,1-2H3. The van der Waals surface area contributed by atoms with Crippen molar-refractivity contribution < 1.29 is 0 Å². The van der Waals surface area contributed by atoms with E-state index in [1.165, 1.54) is 0 Å². The first-order chi connectivity index (χ1) is 4.85. The van der Waals surface area contributed by atoms with Crippen molar-refractivity contribution in [1.29, 1.82) is 0 Å². The van der Waals surface area contributed by atoms with E-state index in [1.54, 1.807) is 0 Å². The summed E-state index contributed by atoms with van der Waals surface area (Å²) in [4.78, 5) is 8.05. The Morgan fingerprint density at radius 3 is 2.60 bits per heavy atom. The third-order valence-electron chi connectivity index (χ3n) is 1.28. The molecule has 0 bridgehead atoms. The van der Waals surface area contributed by atoms with Crippen LogP contribution in [-0.4, -0.2) is 25.5 Å². The Morgan fingerprint density at radius 1 is 1.50 bits per heavy atom. The van der Waals surface area contributed by atoms with E-state index in [0.717, 1.165) is 19.4 Å². The molecule has 0 aromatic heterocycles. The largest absolute Gasteiger partial charge is 0.295 e. The van der Waals surface area contributed by atoms with Gasteiger partial charge in [0.05, 0.1) is 6.04 Å². The molecule has 0 saturated heterocycles. The van der Waals surface area contributed by atoms with E-state index < -0.39 is 0 Å². The summed E-state index contributed by atoms with van der Waals surface area (Å²) in [5.74, 6) is 0. The van der Waals surface area contributed by atoms with Crippen LogP contribution >= 0.6 is 0 Å². The molecule has 1 atom stereocenters. The number of hydrogen-bond acceptors (Lipinski definition) is 2. The van der Waals surface area contributed by atoms with Gasteiger partial charge in [0.1, 0.15) is 0 Å². The van der Waals surface area contributed by atoms with Gasteiger partial charge in [-0.15, -0.1) is 0 Å². The Balaban J connectivity index is 3.50. The quantitative estimate of drug-likeness (QED) is 0.521. The molecule has 0 fully saturated rings. The average Bonchev–Trinajstić information content (AvgIpc) is 1.99. The number of nitrogens with zero attached hydrogens (tertiary/aromatic N) is 2. The van der Waals surface area contributed by atoms with Crippen molar-refractivity contribution in [1.82, 2.24) is 0 Å². The molecule has 10 heavy (non-hydrogen) atoms. The summed E-state index contributed by atoms with van der Waals surface area (Å²) in [6.45, 7) is 8.57. The topological polar surface area (TPSA) is 24.7 Å². The second-order valence-corrected chi connectivity index (χ2v) is 2.21. The van der Waals surface area contributed by atoms with Crippen molar-refractivity contribution in [2.75, 3.05) is 6.54 Å². The zero-order valence-corrected chi connectivity index (χ0v) is 6.88. The Kier molecular flexibility index (Phi) is 6.03. The lowest BCUT2D eigenvalue weighted by molar-refractivity contribution is 0.829. The zero-order chi connectivity index (χ0) is 7.82. The molecule has 0 spiro atoms. The highest BCUT2D eigenvalue weighted by Crippen LogP contribution is 1.91. The van der Waals surface area contributed by atoms with Crippen LogP contribution in [-0.2, 0) is 0 Å². The fourth-order valence-corrected chi connectivity index (χ4v) is 0.607. The van der Waals surface area contributed by atoms with Crippen molar-refractivity contribution in [3.8, 4) is 0 Å². The Bertz CT molecular complexity index is 108. The van der Waals surface area contributed by atoms with Crippen LogP contribution in [0.3, 0.4) is 0 Å². The lowest BCUT2D eigenvalue weighted by Crippen LogP contribution is -2.03. The van der Waals surface area contributed by atoms with Gasteiger partial charge >= 0.3 is 0 Å². The molecule has 0 heterocycles. The predicted octanol–water partition coefficient (Wildman–Crippen LogP) is 1.95. The Labute approximate surface area is 63.1 Å². The molecule has 0 aliphatic carbocycles.